The van der Waals surface area contributed by atoms with Gasteiger partial charge in [0.05, 0.1) is 6.10 Å². The molecule has 1 aliphatic heterocycles. The van der Waals surface area contributed by atoms with Gasteiger partial charge in [-0.15, -0.1) is 0 Å². The Bertz CT molecular complexity index is 112. The van der Waals surface area contributed by atoms with E-state index in [9.17, 15) is 0 Å². The minimum Gasteiger partial charge on any atom is -0.381 e. The van der Waals surface area contributed by atoms with Crippen molar-refractivity contribution in [1.82, 2.24) is 5.32 Å². The Morgan fingerprint density at radius 2 is 2.20 bits per heavy atom. The van der Waals surface area contributed by atoms with Crippen molar-refractivity contribution in [3.05, 3.63) is 0 Å². The molecule has 0 bridgehead atoms. The largest absolute Gasteiger partial charge is 0.381 e. The minimum absolute atomic E-state index is 0.257. The van der Waals surface area contributed by atoms with Gasteiger partial charge in [-0.1, -0.05) is 13.8 Å². The summed E-state index contributed by atoms with van der Waals surface area (Å²) >= 11 is 0. The number of rotatable bonds is 1. The lowest BCUT2D eigenvalue weighted by Gasteiger charge is -2.36. The lowest BCUT2D eigenvalue weighted by molar-refractivity contribution is -0.0146. The van der Waals surface area contributed by atoms with Crippen LogP contribution in [-0.4, -0.2) is 26.3 Å². The van der Waals surface area contributed by atoms with Gasteiger partial charge in [-0.2, -0.15) is 0 Å². The van der Waals surface area contributed by atoms with Crippen molar-refractivity contribution in [2.45, 2.75) is 26.4 Å². The highest BCUT2D eigenvalue weighted by molar-refractivity contribution is 4.85. The van der Waals surface area contributed by atoms with Crippen LogP contribution in [0, 0.1) is 5.41 Å². The van der Waals surface area contributed by atoms with Crippen LogP contribution in [-0.2, 0) is 4.74 Å². The number of ether oxygens (including phenoxy) is 1. The molecular weight excluding hydrogens is 126 g/mol. The standard InChI is InChI=1S/C8H16NO/c1-8(2)6-9-5-4-7(8)10-3/h7H,4-6H2,1-3H3/t7-/m1/s1. The summed E-state index contributed by atoms with van der Waals surface area (Å²) < 4.78 is 5.35. The third kappa shape index (κ3) is 1.50. The third-order valence-corrected chi connectivity index (χ3v) is 2.22. The molecule has 10 heavy (non-hydrogen) atoms. The molecule has 0 aromatic heterocycles. The Labute approximate surface area is 63.0 Å². The van der Waals surface area contributed by atoms with E-state index < -0.39 is 0 Å². The first-order valence-electron chi connectivity index (χ1n) is 3.83. The molecule has 2 heteroatoms. The average molecular weight is 142 g/mol. The van der Waals surface area contributed by atoms with Crippen LogP contribution >= 0.6 is 0 Å². The van der Waals surface area contributed by atoms with Gasteiger partial charge >= 0.3 is 0 Å². The molecule has 0 unspecified atom stereocenters. The normalized spacial score (nSPS) is 32.1. The summed E-state index contributed by atoms with van der Waals surface area (Å²) in [6.07, 6.45) is 1.49. The van der Waals surface area contributed by atoms with E-state index in [1.807, 2.05) is 0 Å². The molecule has 1 aliphatic rings. The van der Waals surface area contributed by atoms with Crippen molar-refractivity contribution in [1.29, 1.82) is 0 Å². The van der Waals surface area contributed by atoms with E-state index in [1.165, 1.54) is 0 Å². The maximum Gasteiger partial charge on any atom is 0.0647 e. The third-order valence-electron chi connectivity index (χ3n) is 2.22. The number of hydrogen-bond acceptors (Lipinski definition) is 1. The molecule has 1 fully saturated rings. The van der Waals surface area contributed by atoms with Gasteiger partial charge in [-0.25, -0.2) is 5.32 Å². The van der Waals surface area contributed by atoms with Gasteiger partial charge in [0.25, 0.3) is 0 Å². The fourth-order valence-corrected chi connectivity index (χ4v) is 1.51. The molecular formula is C8H16NO. The van der Waals surface area contributed by atoms with E-state index in [4.69, 9.17) is 4.74 Å². The predicted octanol–water partition coefficient (Wildman–Crippen LogP) is 1.04. The van der Waals surface area contributed by atoms with Crippen LogP contribution in [0.4, 0.5) is 0 Å². The van der Waals surface area contributed by atoms with E-state index in [-0.39, 0.29) is 5.41 Å². The summed E-state index contributed by atoms with van der Waals surface area (Å²) in [7, 11) is 1.79. The number of hydrogen-bond donors (Lipinski definition) is 0. The molecule has 2 nitrogen and oxygen atoms in total. The number of piperidine rings is 1. The summed E-state index contributed by atoms with van der Waals surface area (Å²) in [5, 5.41) is 4.35. The Balaban J connectivity index is 2.51. The summed E-state index contributed by atoms with van der Waals surface area (Å²) in [4.78, 5) is 0. The first-order valence-corrected chi connectivity index (χ1v) is 3.83. The molecule has 1 rings (SSSR count). The second kappa shape index (κ2) is 2.89. The molecule has 0 aromatic rings. The summed E-state index contributed by atoms with van der Waals surface area (Å²) in [6.45, 7) is 6.35. The fraction of sp³-hybridized carbons (Fsp3) is 1.00. The zero-order valence-corrected chi connectivity index (χ0v) is 7.05. The molecule has 0 aromatic carbocycles. The first-order chi connectivity index (χ1) is 4.67. The molecule has 0 aliphatic carbocycles. The first kappa shape index (κ1) is 8.02. The predicted molar refractivity (Wildman–Crippen MR) is 41.1 cm³/mol. The summed E-state index contributed by atoms with van der Waals surface area (Å²) in [5.41, 5.74) is 0.257. The second-order valence-corrected chi connectivity index (χ2v) is 3.61. The molecule has 1 radical (unpaired) electrons. The molecule has 0 N–H and O–H groups in total. The Kier molecular flexibility index (Phi) is 2.32. The van der Waals surface area contributed by atoms with Gasteiger partial charge in [0.15, 0.2) is 0 Å². The monoisotopic (exact) mass is 142 g/mol. The highest BCUT2D eigenvalue weighted by Crippen LogP contribution is 2.27. The van der Waals surface area contributed by atoms with E-state index in [0.29, 0.717) is 6.10 Å². The highest BCUT2D eigenvalue weighted by Gasteiger charge is 2.32. The van der Waals surface area contributed by atoms with Crippen molar-refractivity contribution in [2.24, 2.45) is 5.41 Å². The molecule has 1 saturated heterocycles. The fourth-order valence-electron chi connectivity index (χ4n) is 1.51. The molecule has 0 amide bonds. The average Bonchev–Trinajstić information content (AvgIpc) is 1.87. The van der Waals surface area contributed by atoms with Crippen LogP contribution in [0.5, 0.6) is 0 Å². The van der Waals surface area contributed by atoms with E-state index >= 15 is 0 Å². The van der Waals surface area contributed by atoms with Gasteiger partial charge < -0.3 is 4.74 Å². The molecule has 1 heterocycles. The topological polar surface area (TPSA) is 23.3 Å². The van der Waals surface area contributed by atoms with Crippen molar-refractivity contribution in [2.75, 3.05) is 20.2 Å². The lowest BCUT2D eigenvalue weighted by atomic mass is 9.82. The quantitative estimate of drug-likeness (QED) is 0.536. The second-order valence-electron chi connectivity index (χ2n) is 3.61. The molecule has 0 spiro atoms. The lowest BCUT2D eigenvalue weighted by Crippen LogP contribution is -2.44. The van der Waals surface area contributed by atoms with E-state index in [0.717, 1.165) is 19.5 Å². The number of nitrogens with zero attached hydrogens (tertiary/aromatic N) is 1. The van der Waals surface area contributed by atoms with Crippen molar-refractivity contribution < 1.29 is 4.74 Å². The van der Waals surface area contributed by atoms with Gasteiger partial charge in [0.2, 0.25) is 0 Å². The van der Waals surface area contributed by atoms with Crippen molar-refractivity contribution in [3.63, 3.8) is 0 Å². The van der Waals surface area contributed by atoms with Gasteiger partial charge in [0, 0.05) is 25.6 Å². The highest BCUT2D eigenvalue weighted by atomic mass is 16.5. The zero-order chi connectivity index (χ0) is 7.61. The molecule has 1 atom stereocenters. The number of methoxy groups -OCH3 is 1. The Morgan fingerprint density at radius 1 is 1.50 bits per heavy atom. The maximum atomic E-state index is 5.35. The van der Waals surface area contributed by atoms with E-state index in [1.54, 1.807) is 7.11 Å². The van der Waals surface area contributed by atoms with Crippen molar-refractivity contribution in [3.8, 4) is 0 Å². The Morgan fingerprint density at radius 3 is 2.60 bits per heavy atom. The Hall–Kier alpha value is -0.0800. The van der Waals surface area contributed by atoms with Crippen LogP contribution in [0.1, 0.15) is 20.3 Å². The van der Waals surface area contributed by atoms with Gasteiger partial charge in [-0.3, -0.25) is 0 Å². The zero-order valence-electron chi connectivity index (χ0n) is 7.05. The van der Waals surface area contributed by atoms with Gasteiger partial charge in [-0.05, 0) is 6.42 Å². The molecule has 0 saturated carbocycles. The molecule has 59 valence electrons. The van der Waals surface area contributed by atoms with Crippen LogP contribution in [0.3, 0.4) is 0 Å². The summed E-state index contributed by atoms with van der Waals surface area (Å²) in [6, 6.07) is 0. The van der Waals surface area contributed by atoms with Crippen molar-refractivity contribution >= 4 is 0 Å². The summed E-state index contributed by atoms with van der Waals surface area (Å²) in [5.74, 6) is 0. The SMILES string of the molecule is CO[C@@H]1CC[N]CC1(C)C. The van der Waals surface area contributed by atoms with Crippen LogP contribution in [0.25, 0.3) is 0 Å². The van der Waals surface area contributed by atoms with Gasteiger partial charge in [0.1, 0.15) is 0 Å². The van der Waals surface area contributed by atoms with Crippen LogP contribution in [0.15, 0.2) is 0 Å². The smallest absolute Gasteiger partial charge is 0.0647 e. The van der Waals surface area contributed by atoms with Crippen LogP contribution in [0.2, 0.25) is 0 Å². The minimum atomic E-state index is 0.257. The maximum absolute atomic E-state index is 5.35. The van der Waals surface area contributed by atoms with E-state index in [2.05, 4.69) is 19.2 Å². The van der Waals surface area contributed by atoms with Crippen LogP contribution < -0.4 is 5.32 Å².